The number of benzene rings is 2. The number of nitrogens with two attached hydrogens (primary N) is 1. The van der Waals surface area contributed by atoms with Crippen LogP contribution >= 0.6 is 0 Å². The van der Waals surface area contributed by atoms with Gasteiger partial charge in [0.15, 0.2) is 5.96 Å². The van der Waals surface area contributed by atoms with Crippen LogP contribution in [0.15, 0.2) is 53.5 Å². The normalized spacial score (nSPS) is 12.2. The van der Waals surface area contributed by atoms with Crippen molar-refractivity contribution in [2.24, 2.45) is 16.1 Å². The molecule has 164 valence electrons. The van der Waals surface area contributed by atoms with Gasteiger partial charge in [0.05, 0.1) is 0 Å². The second kappa shape index (κ2) is 11.0. The molecular weight excluding hydrogens is 372 g/mol. The molecule has 30 heavy (non-hydrogen) atoms. The second-order valence-corrected chi connectivity index (χ2v) is 8.75. The van der Waals surface area contributed by atoms with Crippen LogP contribution in [0.2, 0.25) is 0 Å². The molecule has 0 heterocycles. The molecule has 0 saturated heterocycles. The van der Waals surface area contributed by atoms with E-state index in [1.807, 2.05) is 36.4 Å². The van der Waals surface area contributed by atoms with E-state index in [1.165, 1.54) is 11.1 Å². The Kier molecular flexibility index (Phi) is 8.72. The van der Waals surface area contributed by atoms with Gasteiger partial charge < -0.3 is 20.7 Å². The van der Waals surface area contributed by atoms with Gasteiger partial charge in [-0.15, -0.1) is 0 Å². The maximum atomic E-state index is 5.96. The summed E-state index contributed by atoms with van der Waals surface area (Å²) in [5.41, 5.74) is 9.29. The molecule has 5 nitrogen and oxygen atoms in total. The summed E-state index contributed by atoms with van der Waals surface area (Å²) in [5, 5.41) is 3.50. The van der Waals surface area contributed by atoms with E-state index in [1.54, 1.807) is 0 Å². The summed E-state index contributed by atoms with van der Waals surface area (Å²) in [7, 11) is 0. The third-order valence-electron chi connectivity index (χ3n) is 5.21. The number of rotatable bonds is 9. The standard InChI is InChI=1S/C25H38N4O/c1-7-29(19(2)3)24(27-18-25(5,6)17-26)28-22-12-14-23(15-13-22)30-16-21-11-9-8-10-20(21)4/h8-15,19H,7,16-18,26H2,1-6H3,(H,27,28). The number of aliphatic imine (C=N–C) groups is 1. The van der Waals surface area contributed by atoms with Gasteiger partial charge in [0.1, 0.15) is 12.4 Å². The van der Waals surface area contributed by atoms with E-state index in [-0.39, 0.29) is 5.41 Å². The van der Waals surface area contributed by atoms with Gasteiger partial charge in [0, 0.05) is 24.8 Å². The average molecular weight is 411 g/mol. The molecule has 0 aliphatic heterocycles. The van der Waals surface area contributed by atoms with Crippen molar-refractivity contribution in [2.75, 3.05) is 25.0 Å². The topological polar surface area (TPSA) is 62.9 Å². The number of guanidine groups is 1. The van der Waals surface area contributed by atoms with Crippen molar-refractivity contribution >= 4 is 11.6 Å². The van der Waals surface area contributed by atoms with Gasteiger partial charge in [-0.1, -0.05) is 38.1 Å². The maximum Gasteiger partial charge on any atom is 0.198 e. The Hall–Kier alpha value is -2.53. The van der Waals surface area contributed by atoms with Crippen LogP contribution in [0, 0.1) is 12.3 Å². The molecule has 0 fully saturated rings. The van der Waals surface area contributed by atoms with Crippen LogP contribution < -0.4 is 15.8 Å². The van der Waals surface area contributed by atoms with E-state index in [9.17, 15) is 0 Å². The van der Waals surface area contributed by atoms with Crippen molar-refractivity contribution in [3.8, 4) is 5.75 Å². The third-order valence-corrected chi connectivity index (χ3v) is 5.21. The van der Waals surface area contributed by atoms with E-state index >= 15 is 0 Å². The number of nitrogens with zero attached hydrogens (tertiary/aromatic N) is 2. The summed E-state index contributed by atoms with van der Waals surface area (Å²) < 4.78 is 5.96. The monoisotopic (exact) mass is 410 g/mol. The number of hydrogen-bond acceptors (Lipinski definition) is 3. The molecule has 0 spiro atoms. The van der Waals surface area contributed by atoms with Crippen molar-refractivity contribution in [2.45, 2.75) is 54.2 Å². The molecule has 0 aliphatic carbocycles. The smallest absolute Gasteiger partial charge is 0.198 e. The fourth-order valence-electron chi connectivity index (χ4n) is 3.01. The quantitative estimate of drug-likeness (QED) is 0.448. The number of aryl methyl sites for hydroxylation is 1. The van der Waals surface area contributed by atoms with E-state index in [0.717, 1.165) is 23.9 Å². The zero-order valence-electron chi connectivity index (χ0n) is 19.4. The molecule has 0 saturated carbocycles. The minimum Gasteiger partial charge on any atom is -0.489 e. The Bertz CT molecular complexity index is 812. The first-order chi connectivity index (χ1) is 14.3. The zero-order chi connectivity index (χ0) is 22.1. The second-order valence-electron chi connectivity index (χ2n) is 8.75. The molecule has 3 N–H and O–H groups in total. The molecule has 0 bridgehead atoms. The third kappa shape index (κ3) is 7.06. The van der Waals surface area contributed by atoms with Gasteiger partial charge in [-0.25, -0.2) is 0 Å². The average Bonchev–Trinajstić information content (AvgIpc) is 2.72. The lowest BCUT2D eigenvalue weighted by Gasteiger charge is -2.30. The van der Waals surface area contributed by atoms with E-state index in [2.05, 4.69) is 63.9 Å². The Morgan fingerprint density at radius 2 is 1.80 bits per heavy atom. The number of anilines is 1. The SMILES string of the molecule is CCN(C(=NCC(C)(C)CN)Nc1ccc(OCc2ccccc2C)cc1)C(C)C. The van der Waals surface area contributed by atoms with Crippen LogP contribution in [0.25, 0.3) is 0 Å². The van der Waals surface area contributed by atoms with Crippen molar-refractivity contribution in [1.29, 1.82) is 0 Å². The van der Waals surface area contributed by atoms with Gasteiger partial charge in [-0.3, -0.25) is 4.99 Å². The van der Waals surface area contributed by atoms with E-state index < -0.39 is 0 Å². The molecular formula is C25H38N4O. The molecule has 0 radical (unpaired) electrons. The Morgan fingerprint density at radius 1 is 1.13 bits per heavy atom. The van der Waals surface area contributed by atoms with E-state index in [4.69, 9.17) is 15.5 Å². The molecule has 2 rings (SSSR count). The van der Waals surface area contributed by atoms with Gasteiger partial charge in [0.25, 0.3) is 0 Å². The van der Waals surface area contributed by atoms with Crippen LogP contribution in [-0.4, -0.2) is 36.5 Å². The zero-order valence-corrected chi connectivity index (χ0v) is 19.4. The minimum absolute atomic E-state index is 0.0312. The highest BCUT2D eigenvalue weighted by atomic mass is 16.5. The molecule has 0 amide bonds. The largest absolute Gasteiger partial charge is 0.489 e. The lowest BCUT2D eigenvalue weighted by atomic mass is 9.94. The Balaban J connectivity index is 2.09. The Morgan fingerprint density at radius 3 is 2.37 bits per heavy atom. The summed E-state index contributed by atoms with van der Waals surface area (Å²) in [4.78, 5) is 7.14. The van der Waals surface area contributed by atoms with Crippen LogP contribution in [0.5, 0.6) is 5.75 Å². The molecule has 0 aliphatic rings. The first-order valence-electron chi connectivity index (χ1n) is 10.8. The van der Waals surface area contributed by atoms with E-state index in [0.29, 0.717) is 25.7 Å². The van der Waals surface area contributed by atoms with Crippen LogP contribution in [0.4, 0.5) is 5.69 Å². The lowest BCUT2D eigenvalue weighted by Crippen LogP contribution is -2.42. The first-order valence-corrected chi connectivity index (χ1v) is 10.8. The van der Waals surface area contributed by atoms with Crippen molar-refractivity contribution in [1.82, 2.24) is 4.90 Å². The molecule has 0 aromatic heterocycles. The van der Waals surface area contributed by atoms with Gasteiger partial charge in [0.2, 0.25) is 0 Å². The highest BCUT2D eigenvalue weighted by Gasteiger charge is 2.18. The summed E-state index contributed by atoms with van der Waals surface area (Å²) in [6.07, 6.45) is 0. The van der Waals surface area contributed by atoms with Crippen molar-refractivity contribution in [3.05, 3.63) is 59.7 Å². The maximum absolute atomic E-state index is 5.96. The molecule has 0 unspecified atom stereocenters. The Labute approximate surface area is 182 Å². The fraction of sp³-hybridized carbons (Fsp3) is 0.480. The van der Waals surface area contributed by atoms with Crippen molar-refractivity contribution in [3.63, 3.8) is 0 Å². The highest BCUT2D eigenvalue weighted by molar-refractivity contribution is 5.94. The minimum atomic E-state index is -0.0312. The number of hydrogen-bond donors (Lipinski definition) is 2. The molecule has 2 aromatic carbocycles. The van der Waals surface area contributed by atoms with Gasteiger partial charge in [-0.05, 0) is 75.0 Å². The number of nitrogens with one attached hydrogen (secondary N) is 1. The highest BCUT2D eigenvalue weighted by Crippen LogP contribution is 2.19. The molecule has 2 aromatic rings. The number of ether oxygens (including phenoxy) is 1. The van der Waals surface area contributed by atoms with Crippen LogP contribution in [-0.2, 0) is 6.61 Å². The van der Waals surface area contributed by atoms with Crippen LogP contribution in [0.3, 0.4) is 0 Å². The predicted octanol–water partition coefficient (Wildman–Crippen LogP) is 5.06. The molecule has 0 atom stereocenters. The fourth-order valence-corrected chi connectivity index (χ4v) is 3.01. The first kappa shape index (κ1) is 23.7. The summed E-state index contributed by atoms with van der Waals surface area (Å²) in [6.45, 7) is 15.6. The summed E-state index contributed by atoms with van der Waals surface area (Å²) in [5.74, 6) is 1.73. The van der Waals surface area contributed by atoms with Crippen LogP contribution in [0.1, 0.15) is 45.7 Å². The molecule has 5 heteroatoms. The van der Waals surface area contributed by atoms with Gasteiger partial charge >= 0.3 is 0 Å². The summed E-state index contributed by atoms with van der Waals surface area (Å²) in [6, 6.07) is 16.7. The predicted molar refractivity (Wildman–Crippen MR) is 128 cm³/mol. The van der Waals surface area contributed by atoms with Crippen molar-refractivity contribution < 1.29 is 4.74 Å². The van der Waals surface area contributed by atoms with Gasteiger partial charge in [-0.2, -0.15) is 0 Å². The lowest BCUT2D eigenvalue weighted by molar-refractivity contribution is 0.305. The summed E-state index contributed by atoms with van der Waals surface area (Å²) >= 11 is 0.